The number of hydrogen-bond donors (Lipinski definition) is 1. The van der Waals surface area contributed by atoms with Gasteiger partial charge in [0.25, 0.3) is 11.2 Å². The van der Waals surface area contributed by atoms with E-state index in [-0.39, 0.29) is 11.2 Å². The van der Waals surface area contributed by atoms with Gasteiger partial charge < -0.3 is 5.32 Å². The van der Waals surface area contributed by atoms with E-state index in [1.807, 2.05) is 0 Å². The number of fused-ring (bicyclic) bond motifs is 1. The third-order valence-electron chi connectivity index (χ3n) is 2.71. The Morgan fingerprint density at radius 3 is 2.90 bits per heavy atom. The minimum absolute atomic E-state index is 0.0359. The summed E-state index contributed by atoms with van der Waals surface area (Å²) in [5, 5.41) is 14.4. The third-order valence-corrected chi connectivity index (χ3v) is 3.61. The van der Waals surface area contributed by atoms with Crippen LogP contribution in [0.1, 0.15) is 0 Å². The smallest absolute Gasteiger partial charge is 0.282 e. The SMILES string of the molecule is O=c1nc(Nc2cccc([N+](=O)[O-])c2)sc2ncccc12. The molecule has 104 valence electrons. The van der Waals surface area contributed by atoms with E-state index in [9.17, 15) is 14.9 Å². The Morgan fingerprint density at radius 1 is 1.24 bits per heavy atom. The molecule has 0 spiro atoms. The highest BCUT2D eigenvalue weighted by Gasteiger charge is 2.08. The fraction of sp³-hybridized carbons (Fsp3) is 0. The highest BCUT2D eigenvalue weighted by Crippen LogP contribution is 2.24. The summed E-state index contributed by atoms with van der Waals surface area (Å²) in [5.41, 5.74) is 0.0682. The van der Waals surface area contributed by atoms with E-state index < -0.39 is 4.92 Å². The second-order valence-corrected chi connectivity index (χ2v) is 5.09. The summed E-state index contributed by atoms with van der Waals surface area (Å²) >= 11 is 1.21. The van der Waals surface area contributed by atoms with Gasteiger partial charge in [-0.2, -0.15) is 4.98 Å². The van der Waals surface area contributed by atoms with Crippen molar-refractivity contribution < 1.29 is 4.92 Å². The van der Waals surface area contributed by atoms with Crippen LogP contribution in [0.15, 0.2) is 47.4 Å². The van der Waals surface area contributed by atoms with Gasteiger partial charge in [-0.3, -0.25) is 14.9 Å². The highest BCUT2D eigenvalue weighted by molar-refractivity contribution is 7.21. The molecule has 0 bridgehead atoms. The molecule has 1 aromatic carbocycles. The molecule has 0 aliphatic rings. The second-order valence-electron chi connectivity index (χ2n) is 4.11. The number of hydrogen-bond acceptors (Lipinski definition) is 7. The van der Waals surface area contributed by atoms with Crippen LogP contribution in [-0.4, -0.2) is 14.9 Å². The fourth-order valence-corrected chi connectivity index (χ4v) is 2.64. The molecule has 0 saturated heterocycles. The molecule has 3 aromatic rings. The van der Waals surface area contributed by atoms with Gasteiger partial charge in [-0.25, -0.2) is 4.98 Å². The zero-order valence-corrected chi connectivity index (χ0v) is 11.3. The molecule has 2 aromatic heterocycles. The number of nitrogens with one attached hydrogen (secondary N) is 1. The largest absolute Gasteiger partial charge is 0.331 e. The van der Waals surface area contributed by atoms with Gasteiger partial charge in [-0.05, 0) is 18.2 Å². The minimum Gasteiger partial charge on any atom is -0.331 e. The van der Waals surface area contributed by atoms with Crippen molar-refractivity contribution in [3.8, 4) is 0 Å². The number of nitrogens with zero attached hydrogens (tertiary/aromatic N) is 3. The number of rotatable bonds is 3. The lowest BCUT2D eigenvalue weighted by molar-refractivity contribution is -0.384. The molecule has 3 rings (SSSR count). The van der Waals surface area contributed by atoms with Gasteiger partial charge in [0.1, 0.15) is 4.83 Å². The number of non-ortho nitro benzene ring substituents is 1. The van der Waals surface area contributed by atoms with Crippen molar-refractivity contribution in [3.05, 3.63) is 63.1 Å². The monoisotopic (exact) mass is 300 g/mol. The van der Waals surface area contributed by atoms with Gasteiger partial charge in [0, 0.05) is 24.0 Å². The molecule has 0 aliphatic carbocycles. The van der Waals surface area contributed by atoms with Crippen molar-refractivity contribution in [2.24, 2.45) is 0 Å². The topological polar surface area (TPSA) is 98.0 Å². The van der Waals surface area contributed by atoms with Crippen LogP contribution >= 0.6 is 11.3 Å². The molecule has 2 heterocycles. The van der Waals surface area contributed by atoms with Crippen molar-refractivity contribution >= 4 is 38.1 Å². The molecule has 0 atom stereocenters. The standard InChI is InChI=1S/C13H8N4O3S/c18-11-10-5-2-6-14-12(10)21-13(16-11)15-8-3-1-4-9(7-8)17(19)20/h1-7H,(H,15,16,18). The van der Waals surface area contributed by atoms with Crippen LogP contribution in [0, 0.1) is 10.1 Å². The maximum Gasteiger partial charge on any atom is 0.282 e. The first-order valence-electron chi connectivity index (χ1n) is 5.91. The van der Waals surface area contributed by atoms with E-state index in [1.54, 1.807) is 30.5 Å². The lowest BCUT2D eigenvalue weighted by Gasteiger charge is -2.04. The average Bonchev–Trinajstić information content (AvgIpc) is 2.47. The van der Waals surface area contributed by atoms with Gasteiger partial charge in [0.2, 0.25) is 0 Å². The van der Waals surface area contributed by atoms with E-state index in [2.05, 4.69) is 15.3 Å². The molecular weight excluding hydrogens is 292 g/mol. The molecule has 0 fully saturated rings. The van der Waals surface area contributed by atoms with E-state index in [0.717, 1.165) is 0 Å². The van der Waals surface area contributed by atoms with Gasteiger partial charge >= 0.3 is 0 Å². The zero-order chi connectivity index (χ0) is 14.8. The van der Waals surface area contributed by atoms with Gasteiger partial charge in [-0.1, -0.05) is 17.4 Å². The van der Waals surface area contributed by atoms with Gasteiger partial charge in [0.05, 0.1) is 10.3 Å². The average molecular weight is 300 g/mol. The number of pyridine rings is 1. The first-order chi connectivity index (χ1) is 10.1. The molecule has 8 heteroatoms. The normalized spacial score (nSPS) is 10.5. The summed E-state index contributed by atoms with van der Waals surface area (Å²) in [7, 11) is 0. The predicted molar refractivity (Wildman–Crippen MR) is 80.1 cm³/mol. The van der Waals surface area contributed by atoms with Crippen molar-refractivity contribution in [1.29, 1.82) is 0 Å². The van der Waals surface area contributed by atoms with Crippen LogP contribution < -0.4 is 10.9 Å². The summed E-state index contributed by atoms with van der Waals surface area (Å²) in [4.78, 5) is 30.7. The van der Waals surface area contributed by atoms with Crippen LogP contribution in [0.25, 0.3) is 10.2 Å². The van der Waals surface area contributed by atoms with Crippen LogP contribution in [0.2, 0.25) is 0 Å². The van der Waals surface area contributed by atoms with Crippen LogP contribution in [-0.2, 0) is 0 Å². The molecule has 21 heavy (non-hydrogen) atoms. The fourth-order valence-electron chi connectivity index (χ4n) is 1.78. The van der Waals surface area contributed by atoms with Crippen molar-refractivity contribution in [1.82, 2.24) is 9.97 Å². The van der Waals surface area contributed by atoms with Crippen LogP contribution in [0.5, 0.6) is 0 Å². The lowest BCUT2D eigenvalue weighted by atomic mass is 10.3. The van der Waals surface area contributed by atoms with Crippen LogP contribution in [0.4, 0.5) is 16.5 Å². The summed E-state index contributed by atoms with van der Waals surface area (Å²) < 4.78 is 0. The molecule has 7 nitrogen and oxygen atoms in total. The Hall–Kier alpha value is -2.87. The number of nitro groups is 1. The zero-order valence-electron chi connectivity index (χ0n) is 10.5. The Kier molecular flexibility index (Phi) is 3.28. The summed E-state index contributed by atoms with van der Waals surface area (Å²) in [5.74, 6) is 0. The molecule has 0 radical (unpaired) electrons. The van der Waals surface area contributed by atoms with Crippen molar-refractivity contribution in [2.45, 2.75) is 0 Å². The first kappa shape index (κ1) is 13.1. The van der Waals surface area contributed by atoms with Gasteiger partial charge in [-0.15, -0.1) is 0 Å². The molecule has 0 aliphatic heterocycles. The quantitative estimate of drug-likeness (QED) is 0.590. The van der Waals surface area contributed by atoms with Crippen LogP contribution in [0.3, 0.4) is 0 Å². The summed E-state index contributed by atoms with van der Waals surface area (Å²) in [6, 6.07) is 9.32. The third kappa shape index (κ3) is 2.70. The molecule has 0 unspecified atom stereocenters. The Morgan fingerprint density at radius 2 is 2.10 bits per heavy atom. The maximum absolute atomic E-state index is 11.9. The number of aromatic nitrogens is 2. The summed E-state index contributed by atoms with van der Waals surface area (Å²) in [6.07, 6.45) is 1.59. The van der Waals surface area contributed by atoms with E-state index in [0.29, 0.717) is 21.0 Å². The van der Waals surface area contributed by atoms with E-state index in [4.69, 9.17) is 0 Å². The molecule has 0 amide bonds. The minimum atomic E-state index is -0.483. The first-order valence-corrected chi connectivity index (χ1v) is 6.72. The number of benzene rings is 1. The Labute approximate surface area is 122 Å². The second kappa shape index (κ2) is 5.25. The number of nitro benzene ring substituents is 1. The van der Waals surface area contributed by atoms with Gasteiger partial charge in [0.15, 0.2) is 5.13 Å². The predicted octanol–water partition coefficient (Wildman–Crippen LogP) is 2.70. The van der Waals surface area contributed by atoms with E-state index >= 15 is 0 Å². The highest BCUT2D eigenvalue weighted by atomic mass is 32.1. The van der Waals surface area contributed by atoms with Crippen molar-refractivity contribution in [2.75, 3.05) is 5.32 Å². The number of anilines is 2. The lowest BCUT2D eigenvalue weighted by Crippen LogP contribution is -2.08. The van der Waals surface area contributed by atoms with E-state index in [1.165, 1.54) is 23.5 Å². The Bertz CT molecular complexity index is 894. The molecular formula is C13H8N4O3S. The van der Waals surface area contributed by atoms with Crippen molar-refractivity contribution in [3.63, 3.8) is 0 Å². The molecule has 0 saturated carbocycles. The molecule has 1 N–H and O–H groups in total. The Balaban J connectivity index is 2.00. The summed E-state index contributed by atoms with van der Waals surface area (Å²) in [6.45, 7) is 0. The maximum atomic E-state index is 11.9.